The van der Waals surface area contributed by atoms with Crippen molar-refractivity contribution in [2.24, 2.45) is 11.7 Å². The van der Waals surface area contributed by atoms with Crippen LogP contribution in [0.3, 0.4) is 0 Å². The Bertz CT molecular complexity index is 920. The number of para-hydroxylation sites is 1. The fourth-order valence-electron chi connectivity index (χ4n) is 3.88. The summed E-state index contributed by atoms with van der Waals surface area (Å²) in [7, 11) is 0. The van der Waals surface area contributed by atoms with E-state index in [4.69, 9.17) is 10.8 Å². The number of rotatable bonds is 5. The summed E-state index contributed by atoms with van der Waals surface area (Å²) in [5.74, 6) is 0.120. The minimum absolute atomic E-state index is 0.0214. The van der Waals surface area contributed by atoms with E-state index in [9.17, 15) is 4.79 Å². The Balaban J connectivity index is 1.56. The molecule has 4 rings (SSSR count). The second-order valence-electron chi connectivity index (χ2n) is 7.49. The van der Waals surface area contributed by atoms with Crippen LogP contribution in [0.25, 0.3) is 16.9 Å². The number of nitrogens with two attached hydrogens (primary N) is 1. The zero-order chi connectivity index (χ0) is 19.3. The van der Waals surface area contributed by atoms with Gasteiger partial charge in [-0.05, 0) is 31.4 Å². The molecule has 0 spiro atoms. The minimum atomic E-state index is 0.0214. The van der Waals surface area contributed by atoms with Gasteiger partial charge in [0.15, 0.2) is 0 Å². The Morgan fingerprint density at radius 2 is 1.79 bits per heavy atom. The molecule has 3 N–H and O–H groups in total. The number of benzene rings is 2. The summed E-state index contributed by atoms with van der Waals surface area (Å²) in [6.07, 6.45) is 5.76. The van der Waals surface area contributed by atoms with E-state index in [-0.39, 0.29) is 17.9 Å². The van der Waals surface area contributed by atoms with Crippen LogP contribution in [0.5, 0.6) is 0 Å². The van der Waals surface area contributed by atoms with Crippen molar-refractivity contribution < 1.29 is 4.79 Å². The molecule has 2 atom stereocenters. The van der Waals surface area contributed by atoms with Gasteiger partial charge in [0.1, 0.15) is 0 Å². The molecular weight excluding hydrogens is 348 g/mol. The van der Waals surface area contributed by atoms with Gasteiger partial charge in [0.25, 0.3) is 0 Å². The number of nitrogens with zero attached hydrogens (tertiary/aromatic N) is 2. The highest BCUT2D eigenvalue weighted by molar-refractivity contribution is 5.79. The molecule has 2 aromatic carbocycles. The number of amides is 1. The Labute approximate surface area is 165 Å². The highest BCUT2D eigenvalue weighted by Crippen LogP contribution is 2.25. The first-order chi connectivity index (χ1) is 13.7. The lowest BCUT2D eigenvalue weighted by Gasteiger charge is -2.25. The average Bonchev–Trinajstić information content (AvgIpc) is 3.17. The molecule has 5 nitrogen and oxygen atoms in total. The maximum atomic E-state index is 12.6. The van der Waals surface area contributed by atoms with E-state index in [0.717, 1.165) is 48.2 Å². The molecule has 1 amide bonds. The quantitative estimate of drug-likeness (QED) is 0.716. The predicted molar refractivity (Wildman–Crippen MR) is 111 cm³/mol. The fraction of sp³-hybridized carbons (Fsp3) is 0.304. The Hall–Kier alpha value is -2.92. The summed E-state index contributed by atoms with van der Waals surface area (Å²) in [5.41, 5.74) is 9.98. The van der Waals surface area contributed by atoms with Gasteiger partial charge in [-0.2, -0.15) is 5.10 Å². The van der Waals surface area contributed by atoms with Crippen LogP contribution >= 0.6 is 0 Å². The van der Waals surface area contributed by atoms with Gasteiger partial charge in [-0.25, -0.2) is 4.68 Å². The van der Waals surface area contributed by atoms with Crippen LogP contribution < -0.4 is 11.1 Å². The van der Waals surface area contributed by atoms with Crippen LogP contribution in [0.15, 0.2) is 66.9 Å². The van der Waals surface area contributed by atoms with Gasteiger partial charge in [-0.15, -0.1) is 0 Å². The number of carbonyl (C=O) groups is 1. The summed E-state index contributed by atoms with van der Waals surface area (Å²) >= 11 is 0. The monoisotopic (exact) mass is 374 g/mol. The standard InChI is InChI=1S/C23H26N4O/c24-20-11-7-10-18(14-20)23(28)25-15-19-16-27(21-12-5-2-6-13-21)26-22(19)17-8-3-1-4-9-17/h1-6,8-9,12-13,16,18,20H,7,10-11,14-15,24H2,(H,25,28). The zero-order valence-electron chi connectivity index (χ0n) is 15.9. The second-order valence-corrected chi connectivity index (χ2v) is 7.49. The van der Waals surface area contributed by atoms with Gasteiger partial charge in [0.05, 0.1) is 11.4 Å². The number of carbonyl (C=O) groups excluding carboxylic acids is 1. The van der Waals surface area contributed by atoms with Crippen LogP contribution in [0.4, 0.5) is 0 Å². The van der Waals surface area contributed by atoms with Crippen LogP contribution in [0, 0.1) is 5.92 Å². The van der Waals surface area contributed by atoms with Gasteiger partial charge < -0.3 is 11.1 Å². The first-order valence-corrected chi connectivity index (χ1v) is 9.93. The maximum absolute atomic E-state index is 12.6. The van der Waals surface area contributed by atoms with Gasteiger partial charge in [-0.3, -0.25) is 4.79 Å². The van der Waals surface area contributed by atoms with Crippen molar-refractivity contribution >= 4 is 5.91 Å². The Morgan fingerprint density at radius 3 is 2.50 bits per heavy atom. The summed E-state index contributed by atoms with van der Waals surface area (Å²) in [6.45, 7) is 0.460. The van der Waals surface area contributed by atoms with Crippen molar-refractivity contribution in [3.8, 4) is 16.9 Å². The second kappa shape index (κ2) is 8.40. The molecule has 2 unspecified atom stereocenters. The molecule has 1 heterocycles. The molecule has 3 aromatic rings. The van der Waals surface area contributed by atoms with E-state index in [1.165, 1.54) is 0 Å². The van der Waals surface area contributed by atoms with Crippen molar-refractivity contribution in [1.29, 1.82) is 0 Å². The Kier molecular flexibility index (Phi) is 5.53. The zero-order valence-corrected chi connectivity index (χ0v) is 15.9. The molecule has 1 aliphatic rings. The van der Waals surface area contributed by atoms with E-state index >= 15 is 0 Å². The molecule has 28 heavy (non-hydrogen) atoms. The third-order valence-electron chi connectivity index (χ3n) is 5.40. The van der Waals surface area contributed by atoms with Gasteiger partial charge in [0, 0.05) is 35.8 Å². The van der Waals surface area contributed by atoms with E-state index in [1.807, 2.05) is 71.5 Å². The molecule has 0 saturated heterocycles. The topological polar surface area (TPSA) is 72.9 Å². The van der Waals surface area contributed by atoms with Gasteiger partial charge >= 0.3 is 0 Å². The van der Waals surface area contributed by atoms with Crippen molar-refractivity contribution in [2.45, 2.75) is 38.3 Å². The van der Waals surface area contributed by atoms with E-state index in [2.05, 4.69) is 5.32 Å². The minimum Gasteiger partial charge on any atom is -0.352 e. The highest BCUT2D eigenvalue weighted by Gasteiger charge is 2.25. The number of hydrogen-bond acceptors (Lipinski definition) is 3. The van der Waals surface area contributed by atoms with E-state index in [1.54, 1.807) is 0 Å². The SMILES string of the molecule is NC1CCCC(C(=O)NCc2cn(-c3ccccc3)nc2-c2ccccc2)C1. The largest absolute Gasteiger partial charge is 0.352 e. The summed E-state index contributed by atoms with van der Waals surface area (Å²) < 4.78 is 1.88. The molecule has 0 bridgehead atoms. The number of aromatic nitrogens is 2. The first kappa shape index (κ1) is 18.4. The first-order valence-electron chi connectivity index (χ1n) is 9.93. The summed E-state index contributed by atoms with van der Waals surface area (Å²) in [4.78, 5) is 12.6. The van der Waals surface area contributed by atoms with Crippen LogP contribution in [-0.2, 0) is 11.3 Å². The third kappa shape index (κ3) is 4.15. The molecule has 0 aliphatic heterocycles. The molecule has 1 fully saturated rings. The molecule has 0 radical (unpaired) electrons. The van der Waals surface area contributed by atoms with Gasteiger partial charge in [-0.1, -0.05) is 55.0 Å². The summed E-state index contributed by atoms with van der Waals surface area (Å²) in [5, 5.41) is 7.91. The number of nitrogens with one attached hydrogen (secondary N) is 1. The lowest BCUT2D eigenvalue weighted by molar-refractivity contribution is -0.126. The lowest BCUT2D eigenvalue weighted by Crippen LogP contribution is -2.37. The predicted octanol–water partition coefficient (Wildman–Crippen LogP) is 3.67. The van der Waals surface area contributed by atoms with Crippen molar-refractivity contribution in [3.63, 3.8) is 0 Å². The maximum Gasteiger partial charge on any atom is 0.223 e. The highest BCUT2D eigenvalue weighted by atomic mass is 16.1. The third-order valence-corrected chi connectivity index (χ3v) is 5.40. The molecule has 1 aromatic heterocycles. The van der Waals surface area contributed by atoms with E-state index in [0.29, 0.717) is 6.54 Å². The number of hydrogen-bond donors (Lipinski definition) is 2. The van der Waals surface area contributed by atoms with Crippen LogP contribution in [0.1, 0.15) is 31.2 Å². The normalized spacial score (nSPS) is 19.3. The summed E-state index contributed by atoms with van der Waals surface area (Å²) in [6, 6.07) is 20.2. The van der Waals surface area contributed by atoms with Crippen LogP contribution in [-0.4, -0.2) is 21.7 Å². The smallest absolute Gasteiger partial charge is 0.223 e. The molecule has 144 valence electrons. The van der Waals surface area contributed by atoms with Crippen molar-refractivity contribution in [3.05, 3.63) is 72.4 Å². The molecule has 5 heteroatoms. The molecular formula is C23H26N4O. The van der Waals surface area contributed by atoms with Crippen molar-refractivity contribution in [1.82, 2.24) is 15.1 Å². The fourth-order valence-corrected chi connectivity index (χ4v) is 3.88. The molecule has 1 aliphatic carbocycles. The van der Waals surface area contributed by atoms with Crippen LogP contribution in [0.2, 0.25) is 0 Å². The lowest BCUT2D eigenvalue weighted by atomic mass is 9.85. The van der Waals surface area contributed by atoms with Crippen molar-refractivity contribution in [2.75, 3.05) is 0 Å². The average molecular weight is 374 g/mol. The molecule has 1 saturated carbocycles. The Morgan fingerprint density at radius 1 is 1.07 bits per heavy atom. The van der Waals surface area contributed by atoms with E-state index < -0.39 is 0 Å². The van der Waals surface area contributed by atoms with Gasteiger partial charge in [0.2, 0.25) is 5.91 Å².